The van der Waals surface area contributed by atoms with Gasteiger partial charge in [-0.25, -0.2) is 4.79 Å². The Morgan fingerprint density at radius 3 is 2.83 bits per heavy atom. The summed E-state index contributed by atoms with van der Waals surface area (Å²) >= 11 is 0. The van der Waals surface area contributed by atoms with E-state index in [0.29, 0.717) is 29.3 Å². The van der Waals surface area contributed by atoms with E-state index in [1.807, 2.05) is 12.1 Å². The van der Waals surface area contributed by atoms with Gasteiger partial charge < -0.3 is 9.47 Å². The van der Waals surface area contributed by atoms with Crippen molar-refractivity contribution >= 4 is 11.9 Å². The molecule has 0 spiro atoms. The third-order valence-electron chi connectivity index (χ3n) is 6.77. The van der Waals surface area contributed by atoms with E-state index in [2.05, 4.69) is 17.7 Å². The zero-order valence-electron chi connectivity index (χ0n) is 14.3. The largest absolute Gasteiger partial charge is 0.513 e. The third-order valence-corrected chi connectivity index (χ3v) is 6.77. The minimum atomic E-state index is -0.679. The van der Waals surface area contributed by atoms with Gasteiger partial charge >= 0.3 is 6.16 Å². The molecule has 3 aliphatic carbocycles. The van der Waals surface area contributed by atoms with Crippen molar-refractivity contribution in [3.8, 4) is 5.75 Å². The second kappa shape index (κ2) is 5.61. The van der Waals surface area contributed by atoms with Crippen molar-refractivity contribution in [1.29, 1.82) is 0 Å². The van der Waals surface area contributed by atoms with Crippen LogP contribution < -0.4 is 4.74 Å². The van der Waals surface area contributed by atoms with Gasteiger partial charge in [0.05, 0.1) is 7.11 Å². The lowest BCUT2D eigenvalue weighted by atomic mass is 9.55. The highest BCUT2D eigenvalue weighted by atomic mass is 16.7. The smallest absolute Gasteiger partial charge is 0.437 e. The Kier molecular flexibility index (Phi) is 3.66. The molecule has 4 atom stereocenters. The van der Waals surface area contributed by atoms with Crippen LogP contribution in [0.2, 0.25) is 0 Å². The lowest BCUT2D eigenvalue weighted by Gasteiger charge is -2.48. The maximum Gasteiger partial charge on any atom is 0.513 e. The first-order valence-corrected chi connectivity index (χ1v) is 8.95. The van der Waals surface area contributed by atoms with E-state index in [9.17, 15) is 9.59 Å². The molecule has 0 bridgehead atoms. The number of ether oxygens (including phenoxy) is 2. The summed E-state index contributed by atoms with van der Waals surface area (Å²) in [4.78, 5) is 23.7. The molecule has 1 aromatic carbocycles. The molecule has 4 nitrogen and oxygen atoms in total. The number of fused-ring (bicyclic) bond motifs is 5. The molecule has 0 heterocycles. The molecule has 4 rings (SSSR count). The fraction of sp³-hybridized carbons (Fsp3) is 0.600. The van der Waals surface area contributed by atoms with Gasteiger partial charge in [-0.3, -0.25) is 4.79 Å². The molecule has 24 heavy (non-hydrogen) atoms. The molecule has 0 unspecified atom stereocenters. The second-order valence-corrected chi connectivity index (χ2v) is 7.75. The molecule has 0 radical (unpaired) electrons. The van der Waals surface area contributed by atoms with Crippen molar-refractivity contribution in [3.63, 3.8) is 0 Å². The molecular formula is C20H24O4. The third kappa shape index (κ3) is 2.27. The zero-order valence-corrected chi connectivity index (χ0v) is 14.3. The van der Waals surface area contributed by atoms with Crippen LogP contribution in [0.25, 0.3) is 0 Å². The molecule has 128 valence electrons. The number of hydrogen-bond donors (Lipinski definition) is 0. The Morgan fingerprint density at radius 2 is 2.04 bits per heavy atom. The first-order valence-electron chi connectivity index (χ1n) is 8.95. The lowest BCUT2D eigenvalue weighted by molar-refractivity contribution is -0.129. The highest BCUT2D eigenvalue weighted by Crippen LogP contribution is 2.59. The molecule has 0 amide bonds. The fourth-order valence-electron chi connectivity index (χ4n) is 5.53. The zero-order chi connectivity index (χ0) is 16.9. The Bertz CT molecular complexity index is 695. The molecule has 3 aliphatic rings. The summed E-state index contributed by atoms with van der Waals surface area (Å²) in [6, 6.07) is 5.96. The van der Waals surface area contributed by atoms with Gasteiger partial charge in [-0.05, 0) is 73.1 Å². The second-order valence-electron chi connectivity index (χ2n) is 7.75. The Hall–Kier alpha value is -1.84. The van der Waals surface area contributed by atoms with E-state index in [0.717, 1.165) is 38.5 Å². The van der Waals surface area contributed by atoms with E-state index < -0.39 is 6.16 Å². The van der Waals surface area contributed by atoms with E-state index in [1.165, 1.54) is 18.2 Å². The number of methoxy groups -OCH3 is 1. The first-order chi connectivity index (χ1) is 11.5. The first kappa shape index (κ1) is 15.7. The molecule has 0 N–H and O–H groups in total. The molecule has 0 aromatic heterocycles. The van der Waals surface area contributed by atoms with Gasteiger partial charge in [0.1, 0.15) is 11.5 Å². The molecular weight excluding hydrogens is 304 g/mol. The summed E-state index contributed by atoms with van der Waals surface area (Å²) in [5, 5.41) is 0. The van der Waals surface area contributed by atoms with Crippen molar-refractivity contribution in [1.82, 2.24) is 0 Å². The quantitative estimate of drug-likeness (QED) is 0.571. The summed E-state index contributed by atoms with van der Waals surface area (Å²) < 4.78 is 9.72. The SMILES string of the molecule is COC(=O)Oc1ccc2c(c1)CC[C@H]1[C@H]3CCC(=O)[C@@]3(C)CC[C@@H]21. The van der Waals surface area contributed by atoms with Gasteiger partial charge in [-0.2, -0.15) is 0 Å². The minimum Gasteiger partial charge on any atom is -0.437 e. The van der Waals surface area contributed by atoms with E-state index >= 15 is 0 Å². The van der Waals surface area contributed by atoms with Crippen molar-refractivity contribution < 1.29 is 19.1 Å². The molecule has 0 aliphatic heterocycles. The molecule has 2 fully saturated rings. The van der Waals surface area contributed by atoms with Crippen molar-refractivity contribution in [3.05, 3.63) is 29.3 Å². The predicted molar refractivity (Wildman–Crippen MR) is 89.1 cm³/mol. The monoisotopic (exact) mass is 328 g/mol. The number of carbonyl (C=O) groups excluding carboxylic acids is 2. The molecule has 2 saturated carbocycles. The number of rotatable bonds is 1. The van der Waals surface area contributed by atoms with Crippen LogP contribution >= 0.6 is 0 Å². The maximum atomic E-state index is 12.4. The Labute approximate surface area is 142 Å². The van der Waals surface area contributed by atoms with E-state index in [4.69, 9.17) is 4.74 Å². The number of aryl methyl sites for hydroxylation is 1. The van der Waals surface area contributed by atoms with Gasteiger partial charge in [0.25, 0.3) is 0 Å². The van der Waals surface area contributed by atoms with Crippen LogP contribution in [0, 0.1) is 17.3 Å². The average molecular weight is 328 g/mol. The van der Waals surface area contributed by atoms with Gasteiger partial charge in [0.2, 0.25) is 0 Å². The van der Waals surface area contributed by atoms with E-state index in [1.54, 1.807) is 0 Å². The topological polar surface area (TPSA) is 52.6 Å². The summed E-state index contributed by atoms with van der Waals surface area (Å²) in [7, 11) is 1.31. The molecule has 0 saturated heterocycles. The lowest BCUT2D eigenvalue weighted by Crippen LogP contribution is -2.42. The van der Waals surface area contributed by atoms with Crippen molar-refractivity contribution in [2.75, 3.05) is 7.11 Å². The van der Waals surface area contributed by atoms with Gasteiger partial charge in [0, 0.05) is 11.8 Å². The summed E-state index contributed by atoms with van der Waals surface area (Å²) in [6.45, 7) is 2.20. The van der Waals surface area contributed by atoms with Crippen LogP contribution in [0.15, 0.2) is 18.2 Å². The normalized spacial score (nSPS) is 34.1. The summed E-state index contributed by atoms with van der Waals surface area (Å²) in [5.41, 5.74) is 2.60. The van der Waals surface area contributed by atoms with Crippen LogP contribution in [-0.2, 0) is 16.0 Å². The van der Waals surface area contributed by atoms with Gasteiger partial charge in [-0.15, -0.1) is 0 Å². The average Bonchev–Trinajstić information content (AvgIpc) is 2.89. The number of carbonyl (C=O) groups is 2. The van der Waals surface area contributed by atoms with Crippen molar-refractivity contribution in [2.24, 2.45) is 17.3 Å². The highest BCUT2D eigenvalue weighted by Gasteiger charge is 2.54. The van der Waals surface area contributed by atoms with E-state index in [-0.39, 0.29) is 5.41 Å². The standard InChI is InChI=1S/C20H24O4/c1-20-10-9-15-14-6-4-13(24-19(22)23-2)11-12(14)3-5-16(15)17(20)7-8-18(20)21/h4,6,11,15-17H,3,5,7-10H2,1-2H3/t15-,16+,17+,20-/m0/s1. The summed E-state index contributed by atoms with van der Waals surface area (Å²) in [6.07, 6.45) is 5.38. The van der Waals surface area contributed by atoms with Crippen LogP contribution in [0.3, 0.4) is 0 Å². The van der Waals surface area contributed by atoms with Crippen LogP contribution in [-0.4, -0.2) is 19.0 Å². The van der Waals surface area contributed by atoms with Gasteiger partial charge in [-0.1, -0.05) is 13.0 Å². The van der Waals surface area contributed by atoms with Crippen LogP contribution in [0.1, 0.15) is 56.1 Å². The number of ketones is 1. The molecule has 4 heteroatoms. The predicted octanol–water partition coefficient (Wildman–Crippen LogP) is 4.26. The minimum absolute atomic E-state index is 0.0768. The fourth-order valence-corrected chi connectivity index (χ4v) is 5.53. The number of benzene rings is 1. The Balaban J connectivity index is 1.61. The maximum absolute atomic E-state index is 12.4. The highest BCUT2D eigenvalue weighted by molar-refractivity contribution is 5.87. The summed E-state index contributed by atoms with van der Waals surface area (Å²) in [5.74, 6) is 2.75. The van der Waals surface area contributed by atoms with Gasteiger partial charge in [0.15, 0.2) is 0 Å². The molecule has 1 aromatic rings. The number of Topliss-reactive ketones (excluding diaryl/α,β-unsaturated/α-hetero) is 1. The number of hydrogen-bond acceptors (Lipinski definition) is 4. The van der Waals surface area contributed by atoms with Crippen LogP contribution in [0.4, 0.5) is 4.79 Å². The van der Waals surface area contributed by atoms with Crippen LogP contribution in [0.5, 0.6) is 5.75 Å². The Morgan fingerprint density at radius 1 is 1.21 bits per heavy atom. The van der Waals surface area contributed by atoms with Crippen molar-refractivity contribution in [2.45, 2.75) is 51.4 Å².